The molecular weight excluding hydrogens is 354 g/mol. The van der Waals surface area contributed by atoms with E-state index in [0.717, 1.165) is 50.9 Å². The van der Waals surface area contributed by atoms with E-state index in [1.165, 1.54) is 25.1 Å². The van der Waals surface area contributed by atoms with Crippen LogP contribution in [0.3, 0.4) is 0 Å². The Morgan fingerprint density at radius 1 is 1.04 bits per heavy atom. The molecule has 3 fully saturated rings. The number of rotatable bonds is 5. The van der Waals surface area contributed by atoms with E-state index in [2.05, 4.69) is 37.9 Å². The van der Waals surface area contributed by atoms with Crippen molar-refractivity contribution in [1.29, 1.82) is 0 Å². The Hall–Kier alpha value is -2.12. The quantitative estimate of drug-likeness (QED) is 0.657. The number of hydrogen-bond acceptors (Lipinski definition) is 6. The van der Waals surface area contributed by atoms with Crippen LogP contribution in [0.5, 0.6) is 0 Å². The van der Waals surface area contributed by atoms with Gasteiger partial charge in [0.1, 0.15) is 6.04 Å². The number of amides is 2. The van der Waals surface area contributed by atoms with E-state index in [9.17, 15) is 9.59 Å². The molecule has 0 bridgehead atoms. The van der Waals surface area contributed by atoms with Crippen LogP contribution in [0, 0.1) is 5.92 Å². The molecule has 3 aliphatic rings. The lowest BCUT2D eigenvalue weighted by molar-refractivity contribution is -0.133. The summed E-state index contributed by atoms with van der Waals surface area (Å²) >= 11 is 0. The number of benzene rings is 1. The van der Waals surface area contributed by atoms with Gasteiger partial charge < -0.3 is 15.5 Å². The van der Waals surface area contributed by atoms with E-state index in [-0.39, 0.29) is 17.9 Å². The summed E-state index contributed by atoms with van der Waals surface area (Å²) in [7, 11) is 0. The van der Waals surface area contributed by atoms with E-state index < -0.39 is 0 Å². The fourth-order valence-corrected chi connectivity index (χ4v) is 4.44. The number of carbonyl (C=O) groups is 2. The maximum Gasteiger partial charge on any atom is 0.249 e. The molecule has 152 valence electrons. The van der Waals surface area contributed by atoms with Gasteiger partial charge in [0.05, 0.1) is 0 Å². The van der Waals surface area contributed by atoms with Crippen molar-refractivity contribution in [3.8, 4) is 0 Å². The molecule has 1 aromatic rings. The second kappa shape index (κ2) is 8.92. The first-order chi connectivity index (χ1) is 13.7. The van der Waals surface area contributed by atoms with Gasteiger partial charge in [-0.15, -0.1) is 0 Å². The van der Waals surface area contributed by atoms with E-state index in [1.807, 2.05) is 12.1 Å². The molecular formula is C21H31N5O2. The Morgan fingerprint density at radius 3 is 2.57 bits per heavy atom. The third-order valence-corrected chi connectivity index (χ3v) is 6.14. The van der Waals surface area contributed by atoms with Crippen molar-refractivity contribution in [2.45, 2.75) is 31.7 Å². The van der Waals surface area contributed by atoms with Gasteiger partial charge in [-0.3, -0.25) is 19.8 Å². The normalized spacial score (nSPS) is 24.9. The summed E-state index contributed by atoms with van der Waals surface area (Å²) in [5.74, 6) is 0.432. The lowest BCUT2D eigenvalue weighted by Crippen LogP contribution is -2.48. The molecule has 4 rings (SSSR count). The van der Waals surface area contributed by atoms with Crippen LogP contribution in [0.15, 0.2) is 24.3 Å². The zero-order chi connectivity index (χ0) is 19.3. The Balaban J connectivity index is 1.30. The summed E-state index contributed by atoms with van der Waals surface area (Å²) in [6.45, 7) is 7.84. The van der Waals surface area contributed by atoms with Crippen molar-refractivity contribution in [2.75, 3.05) is 56.0 Å². The number of imide groups is 1. The van der Waals surface area contributed by atoms with E-state index in [0.29, 0.717) is 12.8 Å². The van der Waals surface area contributed by atoms with Gasteiger partial charge in [0, 0.05) is 50.5 Å². The molecule has 0 aromatic heterocycles. The predicted molar refractivity (Wildman–Crippen MR) is 110 cm³/mol. The van der Waals surface area contributed by atoms with Crippen molar-refractivity contribution < 1.29 is 9.59 Å². The van der Waals surface area contributed by atoms with Crippen LogP contribution in [0.1, 0.15) is 25.7 Å². The zero-order valence-electron chi connectivity index (χ0n) is 16.5. The molecule has 28 heavy (non-hydrogen) atoms. The average Bonchev–Trinajstić information content (AvgIpc) is 2.72. The summed E-state index contributed by atoms with van der Waals surface area (Å²) in [6, 6.07) is 7.94. The van der Waals surface area contributed by atoms with Crippen molar-refractivity contribution in [1.82, 2.24) is 15.5 Å². The third-order valence-electron chi connectivity index (χ3n) is 6.14. The van der Waals surface area contributed by atoms with Gasteiger partial charge in [0.15, 0.2) is 0 Å². The van der Waals surface area contributed by atoms with Gasteiger partial charge in [-0.25, -0.2) is 0 Å². The largest absolute Gasteiger partial charge is 0.374 e. The Kier molecular flexibility index (Phi) is 6.12. The highest BCUT2D eigenvalue weighted by Gasteiger charge is 2.26. The molecule has 0 radical (unpaired) electrons. The van der Waals surface area contributed by atoms with Gasteiger partial charge in [-0.2, -0.15) is 0 Å². The standard InChI is InChI=1S/C21H31N5O2/c27-20-5-4-19(21(28)24-20)23-17-2-1-3-18(14-17)26-12-10-25(11-13-26)15-16-6-8-22-9-7-16/h1-3,14,16,19,22-23H,4-13,15H2,(H,24,27,28)/t19-/m0/s1. The first kappa shape index (κ1) is 19.2. The van der Waals surface area contributed by atoms with Crippen LogP contribution < -0.4 is 20.9 Å². The van der Waals surface area contributed by atoms with Crippen LogP contribution >= 0.6 is 0 Å². The van der Waals surface area contributed by atoms with Crippen LogP contribution in [0.25, 0.3) is 0 Å². The summed E-state index contributed by atoms with van der Waals surface area (Å²) in [5, 5.41) is 9.14. The molecule has 3 aliphatic heterocycles. The Morgan fingerprint density at radius 2 is 1.82 bits per heavy atom. The van der Waals surface area contributed by atoms with Crippen molar-refractivity contribution in [2.24, 2.45) is 5.92 Å². The Labute approximate surface area is 166 Å². The van der Waals surface area contributed by atoms with Gasteiger partial charge in [-0.05, 0) is 56.5 Å². The van der Waals surface area contributed by atoms with Gasteiger partial charge in [-0.1, -0.05) is 6.07 Å². The molecule has 1 aromatic carbocycles. The number of hydrogen-bond donors (Lipinski definition) is 3. The number of piperazine rings is 1. The van der Waals surface area contributed by atoms with Crippen LogP contribution in [-0.4, -0.2) is 68.6 Å². The van der Waals surface area contributed by atoms with E-state index >= 15 is 0 Å². The molecule has 0 saturated carbocycles. The molecule has 1 atom stereocenters. The van der Waals surface area contributed by atoms with Crippen molar-refractivity contribution in [3.63, 3.8) is 0 Å². The second-order valence-electron chi connectivity index (χ2n) is 8.18. The number of nitrogens with one attached hydrogen (secondary N) is 3. The van der Waals surface area contributed by atoms with Gasteiger partial charge >= 0.3 is 0 Å². The summed E-state index contributed by atoms with van der Waals surface area (Å²) in [6.07, 6.45) is 3.54. The topological polar surface area (TPSA) is 76.7 Å². The molecule has 7 nitrogen and oxygen atoms in total. The van der Waals surface area contributed by atoms with E-state index in [4.69, 9.17) is 0 Å². The minimum atomic E-state index is -0.338. The van der Waals surface area contributed by atoms with Crippen LogP contribution in [0.2, 0.25) is 0 Å². The summed E-state index contributed by atoms with van der Waals surface area (Å²) in [5.41, 5.74) is 2.13. The predicted octanol–water partition coefficient (Wildman–Crippen LogP) is 1.03. The van der Waals surface area contributed by atoms with Crippen molar-refractivity contribution >= 4 is 23.2 Å². The first-order valence-corrected chi connectivity index (χ1v) is 10.6. The monoisotopic (exact) mass is 385 g/mol. The van der Waals surface area contributed by atoms with Crippen LogP contribution in [-0.2, 0) is 9.59 Å². The number of piperidine rings is 2. The minimum Gasteiger partial charge on any atom is -0.374 e. The molecule has 2 amide bonds. The highest BCUT2D eigenvalue weighted by atomic mass is 16.2. The number of nitrogens with zero attached hydrogens (tertiary/aromatic N) is 2. The Bertz CT molecular complexity index is 696. The highest BCUT2D eigenvalue weighted by Crippen LogP contribution is 2.23. The van der Waals surface area contributed by atoms with Crippen molar-refractivity contribution in [3.05, 3.63) is 24.3 Å². The summed E-state index contributed by atoms with van der Waals surface area (Å²) in [4.78, 5) is 28.3. The van der Waals surface area contributed by atoms with Gasteiger partial charge in [0.2, 0.25) is 11.8 Å². The zero-order valence-corrected chi connectivity index (χ0v) is 16.5. The molecule has 3 saturated heterocycles. The fourth-order valence-electron chi connectivity index (χ4n) is 4.44. The molecule has 3 heterocycles. The molecule has 0 spiro atoms. The lowest BCUT2D eigenvalue weighted by atomic mass is 9.97. The summed E-state index contributed by atoms with van der Waals surface area (Å²) < 4.78 is 0. The second-order valence-corrected chi connectivity index (χ2v) is 8.18. The smallest absolute Gasteiger partial charge is 0.249 e. The third kappa shape index (κ3) is 4.83. The van der Waals surface area contributed by atoms with E-state index in [1.54, 1.807) is 0 Å². The molecule has 7 heteroatoms. The molecule has 0 unspecified atom stereocenters. The first-order valence-electron chi connectivity index (χ1n) is 10.6. The fraction of sp³-hybridized carbons (Fsp3) is 0.619. The highest BCUT2D eigenvalue weighted by molar-refractivity contribution is 6.01. The van der Waals surface area contributed by atoms with Crippen LogP contribution in [0.4, 0.5) is 11.4 Å². The number of anilines is 2. The molecule has 3 N–H and O–H groups in total. The maximum absolute atomic E-state index is 12.0. The number of carbonyl (C=O) groups excluding carboxylic acids is 2. The average molecular weight is 386 g/mol. The van der Waals surface area contributed by atoms with Gasteiger partial charge in [0.25, 0.3) is 0 Å². The lowest BCUT2D eigenvalue weighted by Gasteiger charge is -2.38. The molecule has 0 aliphatic carbocycles. The maximum atomic E-state index is 12.0. The SMILES string of the molecule is O=C1CC[C@H](Nc2cccc(N3CCN(CC4CCNCC4)CC3)c2)C(=O)N1. The minimum absolute atomic E-state index is 0.181.